The Morgan fingerprint density at radius 2 is 2.00 bits per heavy atom. The molecule has 0 spiro atoms. The molecule has 0 radical (unpaired) electrons. The SMILES string of the molecule is O=C(NCc1ccccc1F)c1nnn2c1c(=O)[nH]c1cc(F)ccc12. The normalized spacial score (nSPS) is 11.2. The van der Waals surface area contributed by atoms with E-state index in [-0.39, 0.29) is 23.3 Å². The van der Waals surface area contributed by atoms with Gasteiger partial charge in [0.2, 0.25) is 0 Å². The molecule has 0 aliphatic heterocycles. The van der Waals surface area contributed by atoms with E-state index in [0.29, 0.717) is 11.1 Å². The first-order chi connectivity index (χ1) is 12.5. The standard InChI is InChI=1S/C17H11F2N5O2/c18-10-5-6-13-12(7-10)21-17(26)15-14(22-23-24(13)15)16(25)20-8-9-3-1-2-4-11(9)19/h1-7H,8H2,(H,20,25)(H,21,26). The van der Waals surface area contributed by atoms with Gasteiger partial charge in [-0.1, -0.05) is 23.4 Å². The van der Waals surface area contributed by atoms with E-state index in [1.807, 2.05) is 0 Å². The van der Waals surface area contributed by atoms with Gasteiger partial charge >= 0.3 is 0 Å². The van der Waals surface area contributed by atoms with Crippen molar-refractivity contribution in [3.8, 4) is 0 Å². The lowest BCUT2D eigenvalue weighted by atomic mass is 10.2. The van der Waals surface area contributed by atoms with Crippen LogP contribution in [0.25, 0.3) is 16.6 Å². The quantitative estimate of drug-likeness (QED) is 0.586. The molecule has 0 aliphatic carbocycles. The van der Waals surface area contributed by atoms with Crippen molar-refractivity contribution in [2.24, 2.45) is 0 Å². The van der Waals surface area contributed by atoms with Gasteiger partial charge in [0.1, 0.15) is 11.6 Å². The minimum atomic E-state index is -0.671. The summed E-state index contributed by atoms with van der Waals surface area (Å²) >= 11 is 0. The molecule has 7 nitrogen and oxygen atoms in total. The molecule has 4 rings (SSSR count). The second-order valence-electron chi connectivity index (χ2n) is 5.59. The molecule has 1 amide bonds. The van der Waals surface area contributed by atoms with Gasteiger partial charge in [-0.25, -0.2) is 13.3 Å². The molecule has 0 fully saturated rings. The molecule has 0 saturated heterocycles. The van der Waals surface area contributed by atoms with E-state index in [1.54, 1.807) is 12.1 Å². The zero-order valence-corrected chi connectivity index (χ0v) is 13.2. The number of aromatic nitrogens is 4. The van der Waals surface area contributed by atoms with Crippen LogP contribution in [0.2, 0.25) is 0 Å². The van der Waals surface area contributed by atoms with Crippen LogP contribution in [-0.4, -0.2) is 25.7 Å². The lowest BCUT2D eigenvalue weighted by molar-refractivity contribution is 0.0947. The second-order valence-corrected chi connectivity index (χ2v) is 5.59. The predicted octanol–water partition coefficient (Wildman–Crippen LogP) is 1.78. The second kappa shape index (κ2) is 6.03. The number of hydrogen-bond donors (Lipinski definition) is 2. The van der Waals surface area contributed by atoms with Crippen molar-refractivity contribution in [1.29, 1.82) is 0 Å². The number of rotatable bonds is 3. The fraction of sp³-hybridized carbons (Fsp3) is 0.0588. The molecule has 0 saturated carbocycles. The van der Waals surface area contributed by atoms with Crippen molar-refractivity contribution in [3.05, 3.63) is 75.7 Å². The number of aromatic amines is 1. The third kappa shape index (κ3) is 2.59. The minimum Gasteiger partial charge on any atom is -0.346 e. The van der Waals surface area contributed by atoms with Gasteiger partial charge in [0, 0.05) is 12.1 Å². The van der Waals surface area contributed by atoms with E-state index < -0.39 is 23.1 Å². The third-order valence-corrected chi connectivity index (χ3v) is 3.93. The molecule has 2 heterocycles. The minimum absolute atomic E-state index is 0.0682. The molecule has 4 aromatic rings. The van der Waals surface area contributed by atoms with Crippen LogP contribution < -0.4 is 10.9 Å². The maximum atomic E-state index is 13.6. The van der Waals surface area contributed by atoms with Gasteiger partial charge in [-0.3, -0.25) is 9.59 Å². The molecule has 2 aromatic carbocycles. The van der Waals surface area contributed by atoms with E-state index in [9.17, 15) is 18.4 Å². The monoisotopic (exact) mass is 355 g/mol. The number of nitrogens with zero attached hydrogens (tertiary/aromatic N) is 3. The summed E-state index contributed by atoms with van der Waals surface area (Å²) < 4.78 is 28.1. The highest BCUT2D eigenvalue weighted by Crippen LogP contribution is 2.14. The van der Waals surface area contributed by atoms with Crippen molar-refractivity contribution >= 4 is 22.5 Å². The Hall–Kier alpha value is -3.62. The number of H-pyrrole nitrogens is 1. The predicted molar refractivity (Wildman–Crippen MR) is 88.6 cm³/mol. The van der Waals surface area contributed by atoms with Gasteiger partial charge in [0.05, 0.1) is 11.0 Å². The fourth-order valence-corrected chi connectivity index (χ4v) is 2.68. The van der Waals surface area contributed by atoms with Gasteiger partial charge in [-0.05, 0) is 24.3 Å². The van der Waals surface area contributed by atoms with Crippen LogP contribution in [0.4, 0.5) is 8.78 Å². The summed E-state index contributed by atoms with van der Waals surface area (Å²) in [4.78, 5) is 27.2. The molecule has 0 bridgehead atoms. The van der Waals surface area contributed by atoms with E-state index in [2.05, 4.69) is 20.6 Å². The van der Waals surface area contributed by atoms with Gasteiger partial charge in [-0.2, -0.15) is 0 Å². The summed E-state index contributed by atoms with van der Waals surface area (Å²) in [6.07, 6.45) is 0. The van der Waals surface area contributed by atoms with Gasteiger partial charge < -0.3 is 10.3 Å². The zero-order chi connectivity index (χ0) is 18.3. The first-order valence-electron chi connectivity index (χ1n) is 7.63. The molecule has 130 valence electrons. The van der Waals surface area contributed by atoms with Crippen LogP contribution >= 0.6 is 0 Å². The van der Waals surface area contributed by atoms with E-state index in [0.717, 1.165) is 6.07 Å². The number of fused-ring (bicyclic) bond motifs is 3. The molecular weight excluding hydrogens is 344 g/mol. The van der Waals surface area contributed by atoms with Crippen molar-refractivity contribution in [3.63, 3.8) is 0 Å². The Labute approximate surface area is 144 Å². The molecule has 9 heteroatoms. The van der Waals surface area contributed by atoms with Crippen LogP contribution in [-0.2, 0) is 6.54 Å². The van der Waals surface area contributed by atoms with E-state index in [4.69, 9.17) is 0 Å². The number of carbonyl (C=O) groups excluding carboxylic acids is 1. The van der Waals surface area contributed by atoms with Crippen molar-refractivity contribution in [2.45, 2.75) is 6.54 Å². The molecule has 2 N–H and O–H groups in total. The average molecular weight is 355 g/mol. The van der Waals surface area contributed by atoms with Crippen LogP contribution in [0.5, 0.6) is 0 Å². The molecule has 2 aromatic heterocycles. The highest BCUT2D eigenvalue weighted by atomic mass is 19.1. The summed E-state index contributed by atoms with van der Waals surface area (Å²) in [5, 5.41) is 10.1. The number of amides is 1. The Kier molecular flexibility index (Phi) is 3.68. The molecule has 26 heavy (non-hydrogen) atoms. The average Bonchev–Trinajstić information content (AvgIpc) is 3.06. The van der Waals surface area contributed by atoms with Crippen molar-refractivity contribution < 1.29 is 13.6 Å². The Morgan fingerprint density at radius 3 is 2.81 bits per heavy atom. The number of halogens is 2. The molecule has 0 aliphatic rings. The largest absolute Gasteiger partial charge is 0.346 e. The summed E-state index contributed by atoms with van der Waals surface area (Å²) in [6.45, 7) is -0.0682. The van der Waals surface area contributed by atoms with Gasteiger partial charge in [0.25, 0.3) is 11.5 Å². The highest BCUT2D eigenvalue weighted by Gasteiger charge is 2.20. The van der Waals surface area contributed by atoms with Crippen LogP contribution in [0.1, 0.15) is 16.1 Å². The number of hydrogen-bond acceptors (Lipinski definition) is 4. The van der Waals surface area contributed by atoms with Gasteiger partial charge in [-0.15, -0.1) is 5.10 Å². The Balaban J connectivity index is 1.73. The maximum absolute atomic E-state index is 13.6. The highest BCUT2D eigenvalue weighted by molar-refractivity contribution is 5.99. The first-order valence-corrected chi connectivity index (χ1v) is 7.63. The number of carbonyl (C=O) groups is 1. The summed E-state index contributed by atoms with van der Waals surface area (Å²) in [6, 6.07) is 9.78. The topological polar surface area (TPSA) is 92.2 Å². The molecule has 0 atom stereocenters. The Morgan fingerprint density at radius 1 is 1.19 bits per heavy atom. The first kappa shape index (κ1) is 15.9. The third-order valence-electron chi connectivity index (χ3n) is 3.93. The summed E-state index contributed by atoms with van der Waals surface area (Å²) in [5.74, 6) is -1.64. The summed E-state index contributed by atoms with van der Waals surface area (Å²) in [5.41, 5.74) is 0.00706. The van der Waals surface area contributed by atoms with Crippen molar-refractivity contribution in [1.82, 2.24) is 25.1 Å². The fourth-order valence-electron chi connectivity index (χ4n) is 2.68. The van der Waals surface area contributed by atoms with Crippen LogP contribution in [0, 0.1) is 11.6 Å². The van der Waals surface area contributed by atoms with Crippen LogP contribution in [0.15, 0.2) is 47.3 Å². The Bertz CT molecular complexity index is 1210. The smallest absolute Gasteiger partial charge is 0.277 e. The molecule has 0 unspecified atom stereocenters. The number of nitrogens with one attached hydrogen (secondary N) is 2. The summed E-state index contributed by atoms with van der Waals surface area (Å²) in [7, 11) is 0. The lowest BCUT2D eigenvalue weighted by Gasteiger charge is -2.05. The van der Waals surface area contributed by atoms with E-state index >= 15 is 0 Å². The lowest BCUT2D eigenvalue weighted by Crippen LogP contribution is -2.25. The van der Waals surface area contributed by atoms with Crippen LogP contribution in [0.3, 0.4) is 0 Å². The van der Waals surface area contributed by atoms with Gasteiger partial charge in [0.15, 0.2) is 11.2 Å². The maximum Gasteiger partial charge on any atom is 0.277 e. The van der Waals surface area contributed by atoms with Crippen molar-refractivity contribution in [2.75, 3.05) is 0 Å². The molecular formula is C17H11F2N5O2. The zero-order valence-electron chi connectivity index (χ0n) is 13.2. The van der Waals surface area contributed by atoms with E-state index in [1.165, 1.54) is 28.8 Å². The number of benzene rings is 2.